The number of rotatable bonds is 7. The summed E-state index contributed by atoms with van der Waals surface area (Å²) < 4.78 is 0. The molecule has 0 aromatic heterocycles. The Morgan fingerprint density at radius 3 is 2.38 bits per heavy atom. The van der Waals surface area contributed by atoms with Crippen LogP contribution in [-0.4, -0.2) is 29.8 Å². The highest BCUT2D eigenvalue weighted by molar-refractivity contribution is 6.04. The van der Waals surface area contributed by atoms with Crippen molar-refractivity contribution in [2.45, 2.75) is 39.3 Å². The summed E-state index contributed by atoms with van der Waals surface area (Å²) in [6.45, 7) is 6.77. The summed E-state index contributed by atoms with van der Waals surface area (Å²) in [4.78, 5) is 28.4. The molecule has 1 fully saturated rings. The monoisotopic (exact) mass is 455 g/mol. The van der Waals surface area contributed by atoms with Crippen LogP contribution in [0.5, 0.6) is 0 Å². The second-order valence-corrected chi connectivity index (χ2v) is 9.18. The molecule has 0 aliphatic carbocycles. The number of anilines is 1. The lowest BCUT2D eigenvalue weighted by Crippen LogP contribution is -2.38. The summed E-state index contributed by atoms with van der Waals surface area (Å²) in [5.74, 6) is -0.250. The maximum atomic E-state index is 13.0. The number of piperidine rings is 1. The van der Waals surface area contributed by atoms with Crippen molar-refractivity contribution < 1.29 is 9.59 Å². The minimum Gasteiger partial charge on any atom is -0.345 e. The fraction of sp³-hybridized carbons (Fsp3) is 0.310. The predicted molar refractivity (Wildman–Crippen MR) is 137 cm³/mol. The van der Waals surface area contributed by atoms with Crippen LogP contribution in [0.2, 0.25) is 0 Å². The van der Waals surface area contributed by atoms with Gasteiger partial charge in [-0.25, -0.2) is 0 Å². The number of carbonyl (C=O) groups is 2. The van der Waals surface area contributed by atoms with E-state index in [1.165, 1.54) is 11.1 Å². The SMILES string of the molecule is Cc1cccc(CN2CCC(C(=O)Nc3ccccc3C(=O)N[C@H](C)c3ccccc3)CC2)c1. The smallest absolute Gasteiger partial charge is 0.253 e. The molecule has 2 N–H and O–H groups in total. The van der Waals surface area contributed by atoms with Gasteiger partial charge in [-0.1, -0.05) is 72.3 Å². The first-order valence-corrected chi connectivity index (χ1v) is 12.0. The van der Waals surface area contributed by atoms with E-state index in [0.717, 1.165) is 38.0 Å². The van der Waals surface area contributed by atoms with Gasteiger partial charge in [0.15, 0.2) is 0 Å². The Balaban J connectivity index is 1.33. The van der Waals surface area contributed by atoms with E-state index in [9.17, 15) is 9.59 Å². The molecule has 176 valence electrons. The van der Waals surface area contributed by atoms with Gasteiger partial charge >= 0.3 is 0 Å². The standard InChI is InChI=1S/C29H33N3O2/c1-21-9-8-10-23(19-21)20-32-17-15-25(16-18-32)28(33)31-27-14-7-6-13-26(27)29(34)30-22(2)24-11-4-3-5-12-24/h3-14,19,22,25H,15-18,20H2,1-2H3,(H,30,34)(H,31,33)/t22-/m1/s1. The fourth-order valence-corrected chi connectivity index (χ4v) is 4.55. The molecule has 0 saturated carbocycles. The highest BCUT2D eigenvalue weighted by atomic mass is 16.2. The number of nitrogens with zero attached hydrogens (tertiary/aromatic N) is 1. The highest BCUT2D eigenvalue weighted by Crippen LogP contribution is 2.23. The third-order valence-electron chi connectivity index (χ3n) is 6.52. The molecule has 5 nitrogen and oxygen atoms in total. The molecule has 5 heteroatoms. The van der Waals surface area contributed by atoms with Crippen molar-refractivity contribution in [1.29, 1.82) is 0 Å². The molecule has 1 aliphatic heterocycles. The van der Waals surface area contributed by atoms with E-state index in [2.05, 4.69) is 46.7 Å². The second kappa shape index (κ2) is 11.1. The Kier molecular flexibility index (Phi) is 7.76. The van der Waals surface area contributed by atoms with Crippen molar-refractivity contribution in [3.63, 3.8) is 0 Å². The van der Waals surface area contributed by atoms with E-state index in [4.69, 9.17) is 0 Å². The number of para-hydroxylation sites is 1. The van der Waals surface area contributed by atoms with E-state index in [1.807, 2.05) is 49.4 Å². The van der Waals surface area contributed by atoms with Crippen molar-refractivity contribution in [3.8, 4) is 0 Å². The van der Waals surface area contributed by atoms with E-state index in [0.29, 0.717) is 11.3 Å². The number of carbonyl (C=O) groups excluding carboxylic acids is 2. The van der Waals surface area contributed by atoms with Crippen LogP contribution in [0.4, 0.5) is 5.69 Å². The minimum absolute atomic E-state index is 0.00781. The van der Waals surface area contributed by atoms with E-state index < -0.39 is 0 Å². The van der Waals surface area contributed by atoms with Gasteiger partial charge in [-0.2, -0.15) is 0 Å². The van der Waals surface area contributed by atoms with Crippen LogP contribution >= 0.6 is 0 Å². The number of benzene rings is 3. The Morgan fingerprint density at radius 1 is 0.941 bits per heavy atom. The van der Waals surface area contributed by atoms with Crippen molar-refractivity contribution in [1.82, 2.24) is 10.2 Å². The summed E-state index contributed by atoms with van der Waals surface area (Å²) in [6, 6.07) is 25.5. The van der Waals surface area contributed by atoms with Gasteiger partial charge < -0.3 is 10.6 Å². The van der Waals surface area contributed by atoms with Crippen molar-refractivity contribution in [2.75, 3.05) is 18.4 Å². The summed E-state index contributed by atoms with van der Waals surface area (Å²) in [5.41, 5.74) is 4.66. The van der Waals surface area contributed by atoms with Gasteiger partial charge in [0, 0.05) is 12.5 Å². The van der Waals surface area contributed by atoms with Gasteiger partial charge in [0.25, 0.3) is 5.91 Å². The lowest BCUT2D eigenvalue weighted by molar-refractivity contribution is -0.121. The van der Waals surface area contributed by atoms with Crippen molar-refractivity contribution in [2.24, 2.45) is 5.92 Å². The zero-order chi connectivity index (χ0) is 23.9. The molecule has 34 heavy (non-hydrogen) atoms. The van der Waals surface area contributed by atoms with Crippen LogP contribution in [0, 0.1) is 12.8 Å². The average Bonchev–Trinajstić information content (AvgIpc) is 2.85. The number of aryl methyl sites for hydroxylation is 1. The molecule has 1 saturated heterocycles. The van der Waals surface area contributed by atoms with E-state index in [-0.39, 0.29) is 23.8 Å². The molecule has 3 aromatic carbocycles. The number of hydrogen-bond donors (Lipinski definition) is 2. The van der Waals surface area contributed by atoms with Crippen LogP contribution in [-0.2, 0) is 11.3 Å². The average molecular weight is 456 g/mol. The molecule has 0 bridgehead atoms. The van der Waals surface area contributed by atoms with Gasteiger partial charge in [-0.15, -0.1) is 0 Å². The molecular formula is C29H33N3O2. The molecule has 1 aliphatic rings. The van der Waals surface area contributed by atoms with Gasteiger partial charge in [-0.3, -0.25) is 14.5 Å². The quantitative estimate of drug-likeness (QED) is 0.506. The predicted octanol–water partition coefficient (Wildman–Crippen LogP) is 5.34. The molecule has 0 unspecified atom stereocenters. The largest absolute Gasteiger partial charge is 0.345 e. The lowest BCUT2D eigenvalue weighted by atomic mass is 9.95. The van der Waals surface area contributed by atoms with Gasteiger partial charge in [0.05, 0.1) is 17.3 Å². The first kappa shape index (κ1) is 23.7. The lowest BCUT2D eigenvalue weighted by Gasteiger charge is -2.31. The normalized spacial score (nSPS) is 15.5. The summed E-state index contributed by atoms with van der Waals surface area (Å²) in [7, 11) is 0. The maximum Gasteiger partial charge on any atom is 0.253 e. The molecule has 0 radical (unpaired) electrons. The van der Waals surface area contributed by atoms with Gasteiger partial charge in [-0.05, 0) is 63.0 Å². The topological polar surface area (TPSA) is 61.4 Å². The molecule has 4 rings (SSSR count). The zero-order valence-electron chi connectivity index (χ0n) is 20.0. The zero-order valence-corrected chi connectivity index (χ0v) is 20.0. The molecular weight excluding hydrogens is 422 g/mol. The van der Waals surface area contributed by atoms with Crippen LogP contribution in [0.25, 0.3) is 0 Å². The first-order valence-electron chi connectivity index (χ1n) is 12.0. The molecule has 1 atom stereocenters. The number of amides is 2. The fourth-order valence-electron chi connectivity index (χ4n) is 4.55. The Bertz CT molecular complexity index is 1120. The highest BCUT2D eigenvalue weighted by Gasteiger charge is 2.26. The summed E-state index contributed by atoms with van der Waals surface area (Å²) >= 11 is 0. The molecule has 1 heterocycles. The third kappa shape index (κ3) is 6.12. The van der Waals surface area contributed by atoms with Crippen LogP contribution in [0.15, 0.2) is 78.9 Å². The minimum atomic E-state index is -0.194. The second-order valence-electron chi connectivity index (χ2n) is 9.18. The maximum absolute atomic E-state index is 13.0. The molecule has 2 amide bonds. The summed E-state index contributed by atoms with van der Waals surface area (Å²) in [6.07, 6.45) is 1.63. The van der Waals surface area contributed by atoms with Gasteiger partial charge in [0.2, 0.25) is 5.91 Å². The first-order chi connectivity index (χ1) is 16.5. The number of nitrogens with one attached hydrogen (secondary N) is 2. The van der Waals surface area contributed by atoms with Crippen LogP contribution in [0.1, 0.15) is 52.9 Å². The Labute approximate surface area is 202 Å². The summed E-state index contributed by atoms with van der Waals surface area (Å²) in [5, 5.41) is 6.07. The van der Waals surface area contributed by atoms with Gasteiger partial charge in [0.1, 0.15) is 0 Å². The van der Waals surface area contributed by atoms with E-state index in [1.54, 1.807) is 12.1 Å². The Morgan fingerprint density at radius 2 is 1.65 bits per heavy atom. The molecule has 0 spiro atoms. The third-order valence-corrected chi connectivity index (χ3v) is 6.52. The number of hydrogen-bond acceptors (Lipinski definition) is 3. The van der Waals surface area contributed by atoms with Crippen LogP contribution < -0.4 is 10.6 Å². The number of likely N-dealkylation sites (tertiary alicyclic amines) is 1. The van der Waals surface area contributed by atoms with Crippen LogP contribution in [0.3, 0.4) is 0 Å². The van der Waals surface area contributed by atoms with E-state index >= 15 is 0 Å². The Hall–Kier alpha value is -3.44. The van der Waals surface area contributed by atoms with Crippen molar-refractivity contribution in [3.05, 3.63) is 101 Å². The van der Waals surface area contributed by atoms with Crippen molar-refractivity contribution >= 4 is 17.5 Å². The molecule has 3 aromatic rings.